The van der Waals surface area contributed by atoms with Gasteiger partial charge in [-0.2, -0.15) is 0 Å². The first-order valence-electron chi connectivity index (χ1n) is 16.9. The molecule has 0 fully saturated rings. The quantitative estimate of drug-likeness (QED) is 0.167. The molecule has 0 aromatic heterocycles. The fourth-order valence-corrected chi connectivity index (χ4v) is 7.35. The zero-order valence-electron chi connectivity index (χ0n) is 27.0. The molecule has 0 N–H and O–H groups in total. The first kappa shape index (κ1) is 28.8. The fourth-order valence-electron chi connectivity index (χ4n) is 7.35. The van der Waals surface area contributed by atoms with E-state index in [1.165, 1.54) is 65.7 Å². The summed E-state index contributed by atoms with van der Waals surface area (Å²) in [5, 5.41) is 7.57. The smallest absolute Gasteiger partial charge is 0.0540 e. The molecule has 0 unspecified atom stereocenters. The molecule has 0 saturated heterocycles. The highest BCUT2D eigenvalue weighted by molar-refractivity contribution is 6.21. The fraction of sp³-hybridized carbons (Fsp3) is 0. The van der Waals surface area contributed by atoms with Gasteiger partial charge < -0.3 is 4.90 Å². The minimum Gasteiger partial charge on any atom is -0.309 e. The summed E-state index contributed by atoms with van der Waals surface area (Å²) in [4.78, 5) is 2.44. The third kappa shape index (κ3) is 5.13. The monoisotopic (exact) mass is 623 g/mol. The van der Waals surface area contributed by atoms with Gasteiger partial charge in [0.15, 0.2) is 0 Å². The Kier molecular flexibility index (Phi) is 7.22. The van der Waals surface area contributed by atoms with Crippen molar-refractivity contribution in [3.63, 3.8) is 0 Å². The lowest BCUT2D eigenvalue weighted by atomic mass is 9.90. The second-order valence-electron chi connectivity index (χ2n) is 12.5. The number of benzene rings is 9. The van der Waals surface area contributed by atoms with E-state index in [-0.39, 0.29) is 0 Å². The van der Waals surface area contributed by atoms with Crippen molar-refractivity contribution in [3.8, 4) is 33.4 Å². The maximum atomic E-state index is 2.44. The van der Waals surface area contributed by atoms with Crippen molar-refractivity contribution in [1.82, 2.24) is 0 Å². The summed E-state index contributed by atoms with van der Waals surface area (Å²) in [5.74, 6) is 0. The molecule has 9 aromatic rings. The van der Waals surface area contributed by atoms with Crippen LogP contribution in [0.1, 0.15) is 0 Å². The van der Waals surface area contributed by atoms with Crippen molar-refractivity contribution in [1.29, 1.82) is 0 Å². The van der Waals surface area contributed by atoms with Gasteiger partial charge in [0.25, 0.3) is 0 Å². The first-order chi connectivity index (χ1) is 24.3. The largest absolute Gasteiger partial charge is 0.309 e. The molecular formula is C48H33N. The molecule has 0 aliphatic rings. The Morgan fingerprint density at radius 2 is 0.776 bits per heavy atom. The first-order valence-corrected chi connectivity index (χ1v) is 16.9. The molecule has 9 aromatic carbocycles. The molecule has 0 aliphatic heterocycles. The molecular weight excluding hydrogens is 591 g/mol. The molecule has 9 rings (SSSR count). The summed E-state index contributed by atoms with van der Waals surface area (Å²) < 4.78 is 0. The van der Waals surface area contributed by atoms with Gasteiger partial charge in [0.1, 0.15) is 0 Å². The van der Waals surface area contributed by atoms with Crippen LogP contribution < -0.4 is 4.90 Å². The number of fused-ring (bicyclic) bond motifs is 5. The second-order valence-corrected chi connectivity index (χ2v) is 12.5. The maximum Gasteiger partial charge on any atom is 0.0540 e. The number of hydrogen-bond acceptors (Lipinski definition) is 1. The van der Waals surface area contributed by atoms with Crippen LogP contribution in [0.2, 0.25) is 0 Å². The van der Waals surface area contributed by atoms with Crippen LogP contribution in [-0.4, -0.2) is 0 Å². The average molecular weight is 624 g/mol. The van der Waals surface area contributed by atoms with Crippen LogP contribution in [0, 0.1) is 0 Å². The lowest BCUT2D eigenvalue weighted by Crippen LogP contribution is -2.12. The Labute approximate surface area is 287 Å². The van der Waals surface area contributed by atoms with E-state index in [9.17, 15) is 0 Å². The van der Waals surface area contributed by atoms with Crippen molar-refractivity contribution in [3.05, 3.63) is 200 Å². The summed E-state index contributed by atoms with van der Waals surface area (Å²) in [7, 11) is 0. The normalized spacial score (nSPS) is 11.3. The molecule has 230 valence electrons. The lowest BCUT2D eigenvalue weighted by Gasteiger charge is -2.30. The standard InChI is InChI=1S/C48H33N/c1-3-15-34(16-4-1)35-27-30-38(31-28-35)49(47-25-13-11-21-40(47)36-17-5-2-6-18-36)48-26-14-12-24-44(48)46-33-45-39-20-8-7-19-37(39)29-32-43(45)41-22-9-10-23-42(41)46/h1-33H. The Morgan fingerprint density at radius 3 is 1.51 bits per heavy atom. The third-order valence-electron chi connectivity index (χ3n) is 9.66. The van der Waals surface area contributed by atoms with Gasteiger partial charge in [0.2, 0.25) is 0 Å². The minimum atomic E-state index is 1.10. The van der Waals surface area contributed by atoms with Crippen LogP contribution in [0.3, 0.4) is 0 Å². The second kappa shape index (κ2) is 12.3. The summed E-state index contributed by atoms with van der Waals surface area (Å²) in [5.41, 5.74) is 10.5. The van der Waals surface area contributed by atoms with Crippen molar-refractivity contribution in [2.45, 2.75) is 0 Å². The van der Waals surface area contributed by atoms with Gasteiger partial charge in [0, 0.05) is 16.8 Å². The van der Waals surface area contributed by atoms with E-state index < -0.39 is 0 Å². The van der Waals surface area contributed by atoms with E-state index in [2.05, 4.69) is 205 Å². The Morgan fingerprint density at radius 1 is 0.265 bits per heavy atom. The summed E-state index contributed by atoms with van der Waals surface area (Å²) in [6.45, 7) is 0. The molecule has 0 heterocycles. The summed E-state index contributed by atoms with van der Waals surface area (Å²) >= 11 is 0. The average Bonchev–Trinajstić information content (AvgIpc) is 3.19. The molecule has 0 aliphatic carbocycles. The summed E-state index contributed by atoms with van der Waals surface area (Å²) in [6, 6.07) is 72.5. The molecule has 0 amide bonds. The Hall–Kier alpha value is -6.44. The van der Waals surface area contributed by atoms with Crippen molar-refractivity contribution >= 4 is 49.4 Å². The molecule has 1 nitrogen and oxygen atoms in total. The van der Waals surface area contributed by atoms with Crippen molar-refractivity contribution in [2.75, 3.05) is 4.90 Å². The highest BCUT2D eigenvalue weighted by Gasteiger charge is 2.22. The number of hydrogen-bond donors (Lipinski definition) is 0. The Balaban J connectivity index is 1.32. The molecule has 0 radical (unpaired) electrons. The van der Waals surface area contributed by atoms with E-state index in [1.54, 1.807) is 0 Å². The van der Waals surface area contributed by atoms with Crippen LogP contribution in [-0.2, 0) is 0 Å². The lowest BCUT2D eigenvalue weighted by molar-refractivity contribution is 1.28. The van der Waals surface area contributed by atoms with Gasteiger partial charge in [-0.05, 0) is 84.9 Å². The Bertz CT molecular complexity index is 2590. The highest BCUT2D eigenvalue weighted by atomic mass is 15.1. The van der Waals surface area contributed by atoms with Gasteiger partial charge in [-0.15, -0.1) is 0 Å². The van der Waals surface area contributed by atoms with Crippen LogP contribution in [0.15, 0.2) is 200 Å². The third-order valence-corrected chi connectivity index (χ3v) is 9.66. The van der Waals surface area contributed by atoms with Gasteiger partial charge in [-0.25, -0.2) is 0 Å². The SMILES string of the molecule is c1ccc(-c2ccc(N(c3ccccc3-c3ccccc3)c3ccccc3-c3cc4c5ccccc5ccc4c4ccccc34)cc2)cc1. The van der Waals surface area contributed by atoms with Gasteiger partial charge in [-0.3, -0.25) is 0 Å². The molecule has 0 bridgehead atoms. The minimum absolute atomic E-state index is 1.10. The molecule has 49 heavy (non-hydrogen) atoms. The van der Waals surface area contributed by atoms with E-state index in [1.807, 2.05) is 0 Å². The van der Waals surface area contributed by atoms with Crippen LogP contribution >= 0.6 is 0 Å². The zero-order valence-corrected chi connectivity index (χ0v) is 27.0. The van der Waals surface area contributed by atoms with Crippen LogP contribution in [0.25, 0.3) is 65.7 Å². The molecule has 0 atom stereocenters. The number of para-hydroxylation sites is 2. The number of nitrogens with zero attached hydrogens (tertiary/aromatic N) is 1. The van der Waals surface area contributed by atoms with Gasteiger partial charge in [-0.1, -0.05) is 170 Å². The van der Waals surface area contributed by atoms with E-state index in [0.29, 0.717) is 0 Å². The van der Waals surface area contributed by atoms with E-state index in [4.69, 9.17) is 0 Å². The van der Waals surface area contributed by atoms with E-state index in [0.717, 1.165) is 17.1 Å². The highest BCUT2D eigenvalue weighted by Crippen LogP contribution is 2.47. The topological polar surface area (TPSA) is 3.24 Å². The van der Waals surface area contributed by atoms with Crippen LogP contribution in [0.5, 0.6) is 0 Å². The molecule has 0 spiro atoms. The zero-order chi connectivity index (χ0) is 32.6. The molecule has 1 heteroatoms. The van der Waals surface area contributed by atoms with Gasteiger partial charge >= 0.3 is 0 Å². The summed E-state index contributed by atoms with van der Waals surface area (Å²) in [6.07, 6.45) is 0. The van der Waals surface area contributed by atoms with E-state index >= 15 is 0 Å². The van der Waals surface area contributed by atoms with Crippen LogP contribution in [0.4, 0.5) is 17.1 Å². The van der Waals surface area contributed by atoms with Crippen molar-refractivity contribution in [2.24, 2.45) is 0 Å². The van der Waals surface area contributed by atoms with Crippen molar-refractivity contribution < 1.29 is 0 Å². The van der Waals surface area contributed by atoms with Gasteiger partial charge in [0.05, 0.1) is 11.4 Å². The number of rotatable bonds is 6. The number of anilines is 3. The molecule has 0 saturated carbocycles. The predicted molar refractivity (Wildman–Crippen MR) is 210 cm³/mol. The maximum absolute atomic E-state index is 2.44. The predicted octanol–water partition coefficient (Wildman–Crippen LogP) is 13.6.